The molecule has 0 spiro atoms. The van der Waals surface area contributed by atoms with Gasteiger partial charge in [0.15, 0.2) is 0 Å². The lowest BCUT2D eigenvalue weighted by molar-refractivity contribution is -0.134. The smallest absolute Gasteiger partial charge is 0.328 e. The number of aliphatic hydroxyl groups is 1. The Morgan fingerprint density at radius 2 is 1.26 bits per heavy atom. The average Bonchev–Trinajstić information content (AvgIpc) is 2.97. The summed E-state index contributed by atoms with van der Waals surface area (Å²) in [6, 6.07) is 22.3. The van der Waals surface area contributed by atoms with Crippen LogP contribution in [0.1, 0.15) is 29.7 Å². The summed E-state index contributed by atoms with van der Waals surface area (Å²) in [7, 11) is 0. The molecule has 1 aliphatic heterocycles. The molecule has 3 aromatic rings. The number of aliphatic carboxylic acids is 2. The summed E-state index contributed by atoms with van der Waals surface area (Å²) >= 11 is 0. The van der Waals surface area contributed by atoms with Gasteiger partial charge < -0.3 is 20.1 Å². The van der Waals surface area contributed by atoms with Crippen molar-refractivity contribution in [3.8, 4) is 0 Å². The van der Waals surface area contributed by atoms with Gasteiger partial charge >= 0.3 is 11.9 Å². The van der Waals surface area contributed by atoms with Crippen LogP contribution in [0.15, 0.2) is 91.0 Å². The average molecular weight is 583 g/mol. The second-order valence-corrected chi connectivity index (χ2v) is 10.1. The Morgan fingerprint density at radius 1 is 0.810 bits per heavy atom. The minimum atomic E-state index is -1.26. The number of carboxylic acid groups (broad SMARTS) is 2. The van der Waals surface area contributed by atoms with Crippen molar-refractivity contribution >= 4 is 11.9 Å². The number of nitrogens with zero attached hydrogens (tertiary/aromatic N) is 2. The van der Waals surface area contributed by atoms with Crippen LogP contribution in [0.2, 0.25) is 0 Å². The summed E-state index contributed by atoms with van der Waals surface area (Å²) in [5.41, 5.74) is 1.71. The highest BCUT2D eigenvalue weighted by Crippen LogP contribution is 2.27. The van der Waals surface area contributed by atoms with Crippen molar-refractivity contribution in [3.05, 3.63) is 119 Å². The van der Waals surface area contributed by atoms with Crippen LogP contribution < -0.4 is 0 Å². The molecule has 42 heavy (non-hydrogen) atoms. The number of ether oxygens (including phenoxy) is 1. The van der Waals surface area contributed by atoms with E-state index in [0.717, 1.165) is 49.4 Å². The van der Waals surface area contributed by atoms with Crippen LogP contribution in [0.5, 0.6) is 0 Å². The number of β-amino-alcohol motifs (C(OH)–C–C–N with tert-alkyl or cyclic N) is 1. The van der Waals surface area contributed by atoms with E-state index in [9.17, 15) is 23.5 Å². The molecule has 0 radical (unpaired) electrons. The van der Waals surface area contributed by atoms with Gasteiger partial charge in [-0.05, 0) is 47.9 Å². The van der Waals surface area contributed by atoms with E-state index in [1.54, 1.807) is 24.3 Å². The molecule has 0 bridgehead atoms. The topological polar surface area (TPSA) is 111 Å². The van der Waals surface area contributed by atoms with Gasteiger partial charge in [0.1, 0.15) is 17.7 Å². The fourth-order valence-corrected chi connectivity index (χ4v) is 4.60. The number of rotatable bonds is 11. The molecule has 3 N–H and O–H groups in total. The van der Waals surface area contributed by atoms with Gasteiger partial charge in [-0.15, -0.1) is 0 Å². The maximum atomic E-state index is 13.4. The fraction of sp³-hybridized carbons (Fsp3) is 0.312. The first-order valence-corrected chi connectivity index (χ1v) is 13.5. The molecule has 0 aromatic heterocycles. The van der Waals surface area contributed by atoms with E-state index in [-0.39, 0.29) is 17.7 Å². The van der Waals surface area contributed by atoms with Crippen LogP contribution in [0.4, 0.5) is 8.78 Å². The van der Waals surface area contributed by atoms with Crippen molar-refractivity contribution in [1.82, 2.24) is 9.80 Å². The van der Waals surface area contributed by atoms with Crippen molar-refractivity contribution in [2.24, 2.45) is 0 Å². The first-order chi connectivity index (χ1) is 20.0. The monoisotopic (exact) mass is 582 g/mol. The maximum Gasteiger partial charge on any atom is 0.328 e. The van der Waals surface area contributed by atoms with E-state index in [1.807, 2.05) is 37.3 Å². The third-order valence-electron chi connectivity index (χ3n) is 6.80. The summed E-state index contributed by atoms with van der Waals surface area (Å²) in [5.74, 6) is -3.11. The summed E-state index contributed by atoms with van der Waals surface area (Å²) in [5, 5.41) is 26.6. The fourth-order valence-electron chi connectivity index (χ4n) is 4.60. The molecule has 3 aromatic carbocycles. The van der Waals surface area contributed by atoms with E-state index in [4.69, 9.17) is 14.9 Å². The van der Waals surface area contributed by atoms with Crippen molar-refractivity contribution in [2.45, 2.75) is 18.6 Å². The molecular weight excluding hydrogens is 546 g/mol. The first-order valence-electron chi connectivity index (χ1n) is 13.5. The predicted molar refractivity (Wildman–Crippen MR) is 154 cm³/mol. The van der Waals surface area contributed by atoms with Crippen molar-refractivity contribution in [3.63, 3.8) is 0 Å². The Bertz CT molecular complexity index is 1230. The molecule has 0 saturated carbocycles. The van der Waals surface area contributed by atoms with Gasteiger partial charge in [-0.2, -0.15) is 0 Å². The summed E-state index contributed by atoms with van der Waals surface area (Å²) in [4.78, 5) is 23.8. The Hall–Kier alpha value is -3.96. The molecule has 0 amide bonds. The third-order valence-corrected chi connectivity index (χ3v) is 6.80. The number of hydrogen-bond acceptors (Lipinski definition) is 6. The molecular formula is C32H36F2N2O6. The number of carboxylic acids is 2. The van der Waals surface area contributed by atoms with E-state index in [0.29, 0.717) is 25.3 Å². The molecule has 10 heteroatoms. The molecule has 1 fully saturated rings. The van der Waals surface area contributed by atoms with Crippen LogP contribution in [0.3, 0.4) is 0 Å². The molecule has 224 valence electrons. The van der Waals surface area contributed by atoms with E-state index in [2.05, 4.69) is 9.80 Å². The zero-order valence-corrected chi connectivity index (χ0v) is 23.4. The van der Waals surface area contributed by atoms with Gasteiger partial charge in [-0.1, -0.05) is 54.6 Å². The molecule has 1 atom stereocenters. The second-order valence-electron chi connectivity index (χ2n) is 10.1. The number of piperazine rings is 1. The largest absolute Gasteiger partial charge is 0.478 e. The van der Waals surface area contributed by atoms with Crippen LogP contribution in [0.25, 0.3) is 0 Å². The lowest BCUT2D eigenvalue weighted by Crippen LogP contribution is -2.50. The number of hydrogen-bond donors (Lipinski definition) is 3. The van der Waals surface area contributed by atoms with Gasteiger partial charge in [0.05, 0.1) is 12.2 Å². The highest BCUT2D eigenvalue weighted by molar-refractivity contribution is 5.89. The summed E-state index contributed by atoms with van der Waals surface area (Å²) < 4.78 is 33.1. The molecule has 1 saturated heterocycles. The number of carbonyl (C=O) groups is 2. The minimum absolute atomic E-state index is 0.300. The van der Waals surface area contributed by atoms with Gasteiger partial charge in [-0.3, -0.25) is 9.80 Å². The third kappa shape index (κ3) is 10.8. The van der Waals surface area contributed by atoms with Crippen LogP contribution in [0, 0.1) is 11.6 Å². The number of halogens is 2. The lowest BCUT2D eigenvalue weighted by Gasteiger charge is -2.38. The van der Waals surface area contributed by atoms with Crippen molar-refractivity contribution in [2.75, 3.05) is 45.9 Å². The van der Waals surface area contributed by atoms with Crippen molar-refractivity contribution in [1.29, 1.82) is 0 Å². The Labute approximate surface area is 244 Å². The standard InChI is InChI=1S/C28H32F2N2O2.C4H4O4/c1-28(33,24-5-3-2-4-6-24)21-32-17-15-31(16-18-32)19-20-34-27(22-7-11-25(29)12-8-22)23-9-13-26(30)14-10-23;5-3(6)1-2-4(7)8/h2-14,27,33H,15-21H2,1H3;1-2H,(H,5,6)(H,7,8)/b;2-1+/t28-;/m0./s1. The molecule has 0 aliphatic carbocycles. The van der Waals surface area contributed by atoms with Crippen LogP contribution in [-0.4, -0.2) is 82.9 Å². The summed E-state index contributed by atoms with van der Waals surface area (Å²) in [6.07, 6.45) is 0.730. The minimum Gasteiger partial charge on any atom is -0.478 e. The van der Waals surface area contributed by atoms with Crippen molar-refractivity contribution < 1.29 is 38.4 Å². The zero-order valence-electron chi connectivity index (χ0n) is 23.4. The zero-order chi connectivity index (χ0) is 30.5. The Kier molecular flexibility index (Phi) is 12.3. The van der Waals surface area contributed by atoms with E-state index < -0.39 is 17.5 Å². The molecule has 1 aliphatic rings. The van der Waals surface area contributed by atoms with E-state index in [1.165, 1.54) is 24.3 Å². The van der Waals surface area contributed by atoms with Gasteiger partial charge in [0, 0.05) is 51.4 Å². The lowest BCUT2D eigenvalue weighted by atomic mass is 9.95. The number of benzene rings is 3. The molecule has 0 unspecified atom stereocenters. The SMILES string of the molecule is C[C@](O)(CN1CCN(CCOC(c2ccc(F)cc2)c2ccc(F)cc2)CC1)c1ccccc1.O=C(O)/C=C/C(=O)O. The van der Waals surface area contributed by atoms with Crippen LogP contribution in [-0.2, 0) is 19.9 Å². The van der Waals surface area contributed by atoms with Crippen LogP contribution >= 0.6 is 0 Å². The van der Waals surface area contributed by atoms with Gasteiger partial charge in [0.25, 0.3) is 0 Å². The normalized spacial score (nSPS) is 15.6. The first kappa shape index (κ1) is 32.6. The summed E-state index contributed by atoms with van der Waals surface area (Å²) in [6.45, 7) is 7.28. The van der Waals surface area contributed by atoms with Gasteiger partial charge in [-0.25, -0.2) is 18.4 Å². The van der Waals surface area contributed by atoms with E-state index >= 15 is 0 Å². The second kappa shape index (κ2) is 15.9. The molecule has 8 nitrogen and oxygen atoms in total. The van der Waals surface area contributed by atoms with Gasteiger partial charge in [0.2, 0.25) is 0 Å². The Balaban J connectivity index is 0.000000531. The maximum absolute atomic E-state index is 13.4. The highest BCUT2D eigenvalue weighted by atomic mass is 19.1. The predicted octanol–water partition coefficient (Wildman–Crippen LogP) is 4.31. The molecule has 1 heterocycles. The Morgan fingerprint density at radius 3 is 1.71 bits per heavy atom. The highest BCUT2D eigenvalue weighted by Gasteiger charge is 2.28. The molecule has 4 rings (SSSR count). The quantitative estimate of drug-likeness (QED) is 0.287.